The van der Waals surface area contributed by atoms with Crippen LogP contribution in [-0.4, -0.2) is 202 Å². The van der Waals surface area contributed by atoms with Crippen LogP contribution in [0.15, 0.2) is 0 Å². The molecule has 19 heteroatoms. The van der Waals surface area contributed by atoms with Crippen LogP contribution in [0.25, 0.3) is 0 Å². The highest BCUT2D eigenvalue weighted by molar-refractivity contribution is 5.11. The van der Waals surface area contributed by atoms with Crippen LogP contribution < -0.4 is 0 Å². The number of hydrogen-bond donors (Lipinski definition) is 13. The summed E-state index contributed by atoms with van der Waals surface area (Å²) in [5.41, 5.74) is -3.01. The zero-order chi connectivity index (χ0) is 32.1. The predicted octanol–water partition coefficient (Wildman–Crippen LogP) is -8.31. The van der Waals surface area contributed by atoms with E-state index in [1.165, 1.54) is 13.8 Å². The highest BCUT2D eigenvalue weighted by Crippen LogP contribution is 2.41. The third-order valence-corrected chi connectivity index (χ3v) is 8.54. The van der Waals surface area contributed by atoms with Crippen LogP contribution in [0, 0.1) is 0 Å². The predicted molar refractivity (Wildman–Crippen MR) is 131 cm³/mol. The van der Waals surface area contributed by atoms with Crippen molar-refractivity contribution in [3.8, 4) is 0 Å². The van der Waals surface area contributed by atoms with Gasteiger partial charge in [0.1, 0.15) is 85.5 Å². The molecule has 4 aliphatic rings. The molecule has 3 unspecified atom stereocenters. The lowest BCUT2D eigenvalue weighted by molar-refractivity contribution is -0.415. The minimum Gasteiger partial charge on any atom is -0.394 e. The van der Waals surface area contributed by atoms with Crippen molar-refractivity contribution in [2.45, 2.75) is 136 Å². The Balaban J connectivity index is 1.71. The van der Waals surface area contributed by atoms with Crippen molar-refractivity contribution in [1.29, 1.82) is 0 Å². The third kappa shape index (κ3) is 6.20. The second-order valence-electron chi connectivity index (χ2n) is 11.4. The van der Waals surface area contributed by atoms with Gasteiger partial charge in [0.2, 0.25) is 0 Å². The largest absolute Gasteiger partial charge is 0.394 e. The van der Waals surface area contributed by atoms with Crippen LogP contribution in [0.5, 0.6) is 0 Å². The van der Waals surface area contributed by atoms with Crippen molar-refractivity contribution >= 4 is 0 Å². The molecular formula is C24H42O19. The molecule has 4 heterocycles. The number of rotatable bonds is 7. The quantitative estimate of drug-likeness (QED) is 0.124. The summed E-state index contributed by atoms with van der Waals surface area (Å²) >= 11 is 0. The Morgan fingerprint density at radius 2 is 1.12 bits per heavy atom. The number of ether oxygens (including phenoxy) is 6. The van der Waals surface area contributed by atoms with E-state index in [0.29, 0.717) is 0 Å². The van der Waals surface area contributed by atoms with E-state index in [9.17, 15) is 66.4 Å². The maximum Gasteiger partial charge on any atom is 0.192 e. The van der Waals surface area contributed by atoms with Gasteiger partial charge in [-0.3, -0.25) is 0 Å². The molecule has 0 aromatic heterocycles. The van der Waals surface area contributed by atoms with Crippen molar-refractivity contribution in [3.63, 3.8) is 0 Å². The van der Waals surface area contributed by atoms with E-state index in [0.717, 1.165) is 0 Å². The molecule has 4 aliphatic heterocycles. The molecule has 43 heavy (non-hydrogen) atoms. The first-order valence-electron chi connectivity index (χ1n) is 13.8. The molecule has 4 saturated heterocycles. The third-order valence-electron chi connectivity index (χ3n) is 8.54. The van der Waals surface area contributed by atoms with Crippen LogP contribution >= 0.6 is 0 Å². The van der Waals surface area contributed by atoms with Gasteiger partial charge in [-0.05, 0) is 13.8 Å². The van der Waals surface area contributed by atoms with Gasteiger partial charge in [-0.25, -0.2) is 0 Å². The van der Waals surface area contributed by atoms with E-state index < -0.39 is 135 Å². The summed E-state index contributed by atoms with van der Waals surface area (Å²) in [6, 6.07) is 0. The number of aliphatic hydroxyl groups excluding tert-OH is 12. The second kappa shape index (κ2) is 13.5. The normalized spacial score (nSPS) is 56.6. The lowest BCUT2D eigenvalue weighted by atomic mass is 9.76. The Morgan fingerprint density at radius 3 is 1.70 bits per heavy atom. The van der Waals surface area contributed by atoms with E-state index >= 15 is 0 Å². The van der Waals surface area contributed by atoms with Gasteiger partial charge in [-0.1, -0.05) is 0 Å². The zero-order valence-electron chi connectivity index (χ0n) is 23.1. The summed E-state index contributed by atoms with van der Waals surface area (Å²) in [6.45, 7) is 0.737. The maximum absolute atomic E-state index is 11.9. The first-order valence-corrected chi connectivity index (χ1v) is 13.8. The lowest BCUT2D eigenvalue weighted by Crippen LogP contribution is -2.77. The topological polar surface area (TPSA) is 318 Å². The first kappa shape index (κ1) is 35.1. The Hall–Kier alpha value is -0.760. The fourth-order valence-electron chi connectivity index (χ4n) is 5.79. The minimum absolute atomic E-state index is 0.938. The smallest absolute Gasteiger partial charge is 0.192 e. The molecule has 0 amide bonds. The maximum atomic E-state index is 11.9. The summed E-state index contributed by atoms with van der Waals surface area (Å²) < 4.78 is 33.2. The molecule has 0 radical (unpaired) electrons. The molecule has 0 aromatic carbocycles. The van der Waals surface area contributed by atoms with Gasteiger partial charge in [0.25, 0.3) is 0 Å². The van der Waals surface area contributed by atoms with Gasteiger partial charge in [0.15, 0.2) is 24.5 Å². The Kier molecular flexibility index (Phi) is 11.0. The minimum atomic E-state index is -3.01. The van der Waals surface area contributed by atoms with Crippen LogP contribution in [0.3, 0.4) is 0 Å². The van der Waals surface area contributed by atoms with Crippen molar-refractivity contribution < 1.29 is 94.8 Å². The summed E-state index contributed by atoms with van der Waals surface area (Å²) in [4.78, 5) is 0. The molecule has 20 atom stereocenters. The molecule has 19 nitrogen and oxygen atoms in total. The number of hydrogen-bond acceptors (Lipinski definition) is 19. The monoisotopic (exact) mass is 634 g/mol. The van der Waals surface area contributed by atoms with Gasteiger partial charge in [-0.15, -0.1) is 0 Å². The Morgan fingerprint density at radius 1 is 0.558 bits per heavy atom. The fourth-order valence-corrected chi connectivity index (χ4v) is 5.79. The van der Waals surface area contributed by atoms with Crippen molar-refractivity contribution in [3.05, 3.63) is 0 Å². The summed E-state index contributed by atoms with van der Waals surface area (Å²) in [5, 5.41) is 136. The highest BCUT2D eigenvalue weighted by atomic mass is 16.8. The van der Waals surface area contributed by atoms with Gasteiger partial charge >= 0.3 is 0 Å². The van der Waals surface area contributed by atoms with Crippen molar-refractivity contribution in [2.75, 3.05) is 13.2 Å². The molecular weight excluding hydrogens is 592 g/mol. The highest BCUT2D eigenvalue weighted by Gasteiger charge is 2.65. The van der Waals surface area contributed by atoms with E-state index in [1.807, 2.05) is 0 Å². The average Bonchev–Trinajstić information content (AvgIpc) is 2.98. The Bertz CT molecular complexity index is 916. The van der Waals surface area contributed by atoms with E-state index in [-0.39, 0.29) is 0 Å². The van der Waals surface area contributed by atoms with Crippen LogP contribution in [0.1, 0.15) is 13.8 Å². The zero-order valence-corrected chi connectivity index (χ0v) is 23.1. The van der Waals surface area contributed by atoms with Crippen molar-refractivity contribution in [2.24, 2.45) is 0 Å². The summed E-state index contributed by atoms with van der Waals surface area (Å²) in [5.74, 6) is 0. The van der Waals surface area contributed by atoms with E-state index in [2.05, 4.69) is 0 Å². The van der Waals surface area contributed by atoms with Crippen LogP contribution in [-0.2, 0) is 28.4 Å². The lowest BCUT2D eigenvalue weighted by Gasteiger charge is -2.55. The molecule has 0 bridgehead atoms. The van der Waals surface area contributed by atoms with E-state index in [4.69, 9.17) is 28.4 Å². The summed E-state index contributed by atoms with van der Waals surface area (Å²) in [6.07, 6.45) is -34.6. The van der Waals surface area contributed by atoms with Crippen LogP contribution in [0.2, 0.25) is 0 Å². The standard InChI is InChI=1S/C24H42O19/c1-5-9(27)12(30)14(32)20(38-5)24(37)19(35)11(29)7(3-25)41-23(24)43-17-8(4-26)40-21(36)16(34)18(17)42-22-15(33)13(31)10(28)6(2)39-22/h5-23,25-37H,3-4H2,1-2H3/t5-,6-,7+,8+,9+,10+,11-,12+,13+,14-,15-,16+,17+,18+,19-,20?,21?,22?,23-,24-/m0/s1. The second-order valence-corrected chi connectivity index (χ2v) is 11.4. The SMILES string of the molecule is C[C@@H]1OC(O[C@H]2[C@H](O[C@@H]3O[C@H](CO)[C@H](O)[C@H](O)[C@]3(O)C3O[C@@H](C)[C@@H](O)[C@@H](O)[C@@H]3O)[C@@H](CO)OC(O)[C@@H]2O)[C@@H](O)[C@H](O)[C@@H]1O. The van der Waals surface area contributed by atoms with Gasteiger partial charge < -0.3 is 94.8 Å². The molecule has 0 spiro atoms. The summed E-state index contributed by atoms with van der Waals surface area (Å²) in [7, 11) is 0. The first-order chi connectivity index (χ1) is 20.1. The average molecular weight is 635 g/mol. The van der Waals surface area contributed by atoms with E-state index in [1.54, 1.807) is 0 Å². The molecule has 4 rings (SSSR count). The van der Waals surface area contributed by atoms with Crippen molar-refractivity contribution in [1.82, 2.24) is 0 Å². The molecule has 252 valence electrons. The van der Waals surface area contributed by atoms with Gasteiger partial charge in [0.05, 0.1) is 25.4 Å². The Labute approximate surface area is 244 Å². The molecule has 0 aliphatic carbocycles. The molecule has 4 fully saturated rings. The van der Waals surface area contributed by atoms with Gasteiger partial charge in [-0.2, -0.15) is 0 Å². The molecule has 0 aromatic rings. The van der Waals surface area contributed by atoms with Crippen LogP contribution in [0.4, 0.5) is 0 Å². The van der Waals surface area contributed by atoms with Gasteiger partial charge in [0, 0.05) is 0 Å². The number of aliphatic hydroxyl groups is 13. The fraction of sp³-hybridized carbons (Fsp3) is 1.00. The molecule has 13 N–H and O–H groups in total. The molecule has 0 saturated carbocycles.